The summed E-state index contributed by atoms with van der Waals surface area (Å²) >= 11 is 6.01. The quantitative estimate of drug-likeness (QED) is 0.497. The van der Waals surface area contributed by atoms with Gasteiger partial charge in [0.25, 0.3) is 0 Å². The summed E-state index contributed by atoms with van der Waals surface area (Å²) < 4.78 is 7.73. The van der Waals surface area contributed by atoms with Crippen LogP contribution in [-0.4, -0.2) is 24.7 Å². The molecule has 0 atom stereocenters. The van der Waals surface area contributed by atoms with Gasteiger partial charge in [-0.15, -0.1) is 0 Å². The Morgan fingerprint density at radius 2 is 1.96 bits per heavy atom. The summed E-state index contributed by atoms with van der Waals surface area (Å²) in [5, 5.41) is 5.07. The summed E-state index contributed by atoms with van der Waals surface area (Å²) in [4.78, 5) is 12.8. The highest BCUT2D eigenvalue weighted by atomic mass is 35.5. The number of hydrogen-bond acceptors (Lipinski definition) is 5. The second kappa shape index (κ2) is 7.09. The summed E-state index contributed by atoms with van der Waals surface area (Å²) in [5.74, 6) is 0.752. The van der Waals surface area contributed by atoms with E-state index in [1.54, 1.807) is 18.5 Å². The minimum Gasteiger partial charge on any atom is -0.487 e. The zero-order chi connectivity index (χ0) is 17.9. The van der Waals surface area contributed by atoms with Crippen molar-refractivity contribution in [3.63, 3.8) is 0 Å². The van der Waals surface area contributed by atoms with Crippen molar-refractivity contribution < 1.29 is 4.74 Å². The van der Waals surface area contributed by atoms with Crippen molar-refractivity contribution in [3.8, 4) is 16.9 Å². The van der Waals surface area contributed by atoms with Gasteiger partial charge in [0.2, 0.25) is 0 Å². The molecule has 26 heavy (non-hydrogen) atoms. The maximum Gasteiger partial charge on any atom is 0.133 e. The van der Waals surface area contributed by atoms with Gasteiger partial charge in [-0.1, -0.05) is 11.6 Å². The van der Waals surface area contributed by atoms with Crippen LogP contribution in [0.3, 0.4) is 0 Å². The molecule has 130 valence electrons. The average Bonchev–Trinajstić information content (AvgIpc) is 3.10. The summed E-state index contributed by atoms with van der Waals surface area (Å²) in [6.07, 6.45) is 7.22. The number of aromatic nitrogens is 5. The maximum absolute atomic E-state index is 6.01. The van der Waals surface area contributed by atoms with Crippen LogP contribution in [0.1, 0.15) is 12.6 Å². The topological polar surface area (TPSA) is 65.7 Å². The van der Waals surface area contributed by atoms with E-state index in [-0.39, 0.29) is 0 Å². The number of rotatable bonds is 5. The molecule has 6 nitrogen and oxygen atoms in total. The molecule has 4 aromatic heterocycles. The predicted octanol–water partition coefficient (Wildman–Crippen LogP) is 4.14. The Kier molecular flexibility index (Phi) is 4.50. The first-order chi connectivity index (χ1) is 12.7. The molecule has 0 amide bonds. The highest BCUT2D eigenvalue weighted by Gasteiger charge is 2.13. The lowest BCUT2D eigenvalue weighted by molar-refractivity contribution is 0.300. The van der Waals surface area contributed by atoms with Gasteiger partial charge in [-0.2, -0.15) is 5.10 Å². The third kappa shape index (κ3) is 3.36. The Hall–Kier alpha value is -2.99. The Labute approximate surface area is 155 Å². The van der Waals surface area contributed by atoms with Crippen LogP contribution in [0, 0.1) is 0 Å². The minimum absolute atomic E-state index is 0.355. The van der Waals surface area contributed by atoms with Gasteiger partial charge in [0.05, 0.1) is 11.0 Å². The number of hydrogen-bond donors (Lipinski definition) is 0. The van der Waals surface area contributed by atoms with E-state index in [9.17, 15) is 0 Å². The van der Waals surface area contributed by atoms with Gasteiger partial charge in [-0.25, -0.2) is 4.98 Å². The molecule has 0 radical (unpaired) electrons. The standard InChI is InChI=1S/C19H16ClN5O/c1-2-25-11-15(18(24-25)12-26-14-5-7-21-8-6-14)13-9-17-16(22-10-13)3-4-19(20)23-17/h3-11H,2,12H2,1H3. The minimum atomic E-state index is 0.355. The predicted molar refractivity (Wildman–Crippen MR) is 100 cm³/mol. The van der Waals surface area contributed by atoms with Gasteiger partial charge >= 0.3 is 0 Å². The number of halogens is 1. The zero-order valence-electron chi connectivity index (χ0n) is 14.1. The smallest absolute Gasteiger partial charge is 0.133 e. The number of nitrogens with zero attached hydrogens (tertiary/aromatic N) is 5. The van der Waals surface area contributed by atoms with E-state index >= 15 is 0 Å². The molecule has 0 saturated carbocycles. The Balaban J connectivity index is 1.70. The molecule has 4 rings (SSSR count). The second-order valence-corrected chi connectivity index (χ2v) is 6.10. The normalized spacial score (nSPS) is 11.0. The van der Waals surface area contributed by atoms with Crippen LogP contribution in [0.15, 0.2) is 55.1 Å². The fraction of sp³-hybridized carbons (Fsp3) is 0.158. The number of aryl methyl sites for hydroxylation is 1. The molecule has 0 bridgehead atoms. The second-order valence-electron chi connectivity index (χ2n) is 5.71. The third-order valence-electron chi connectivity index (χ3n) is 4.00. The van der Waals surface area contributed by atoms with E-state index in [4.69, 9.17) is 16.3 Å². The Morgan fingerprint density at radius 3 is 2.77 bits per heavy atom. The van der Waals surface area contributed by atoms with Crippen molar-refractivity contribution in [1.29, 1.82) is 0 Å². The van der Waals surface area contributed by atoms with Gasteiger partial charge < -0.3 is 4.74 Å². The molecule has 4 aromatic rings. The Morgan fingerprint density at radius 1 is 1.12 bits per heavy atom. The van der Waals surface area contributed by atoms with Gasteiger partial charge in [0.15, 0.2) is 0 Å². The summed E-state index contributed by atoms with van der Waals surface area (Å²) in [5.41, 5.74) is 4.29. The van der Waals surface area contributed by atoms with E-state index in [1.165, 1.54) is 0 Å². The van der Waals surface area contributed by atoms with Crippen LogP contribution in [0.2, 0.25) is 5.15 Å². The third-order valence-corrected chi connectivity index (χ3v) is 4.21. The molecule has 0 spiro atoms. The van der Waals surface area contributed by atoms with E-state index in [0.717, 1.165) is 40.1 Å². The van der Waals surface area contributed by atoms with Crippen LogP contribution >= 0.6 is 11.6 Å². The first-order valence-corrected chi connectivity index (χ1v) is 8.62. The van der Waals surface area contributed by atoms with Crippen LogP contribution in [-0.2, 0) is 13.2 Å². The summed E-state index contributed by atoms with van der Waals surface area (Å²) in [6.45, 7) is 3.17. The lowest BCUT2D eigenvalue weighted by Crippen LogP contribution is -2.00. The van der Waals surface area contributed by atoms with Gasteiger partial charge in [-0.3, -0.25) is 14.6 Å². The lowest BCUT2D eigenvalue weighted by Gasteiger charge is -2.06. The molecule has 4 heterocycles. The largest absolute Gasteiger partial charge is 0.487 e. The SMILES string of the molecule is CCn1cc(-c2cnc3ccc(Cl)nc3c2)c(COc2ccncc2)n1. The number of pyridine rings is 3. The van der Waals surface area contributed by atoms with Crippen LogP contribution in [0.4, 0.5) is 0 Å². The monoisotopic (exact) mass is 365 g/mol. The van der Waals surface area contributed by atoms with Crippen LogP contribution < -0.4 is 4.74 Å². The molecule has 0 aliphatic heterocycles. The molecule has 0 aliphatic carbocycles. The van der Waals surface area contributed by atoms with Crippen molar-refractivity contribution in [2.75, 3.05) is 0 Å². The zero-order valence-corrected chi connectivity index (χ0v) is 14.9. The van der Waals surface area contributed by atoms with Gasteiger partial charge in [0.1, 0.15) is 23.2 Å². The molecular formula is C19H16ClN5O. The average molecular weight is 366 g/mol. The van der Waals surface area contributed by atoms with Crippen molar-refractivity contribution in [1.82, 2.24) is 24.7 Å². The highest BCUT2D eigenvalue weighted by molar-refractivity contribution is 6.29. The molecule has 0 N–H and O–H groups in total. The molecular weight excluding hydrogens is 350 g/mol. The van der Waals surface area contributed by atoms with Gasteiger partial charge in [0, 0.05) is 42.5 Å². The van der Waals surface area contributed by atoms with E-state index in [2.05, 4.69) is 20.1 Å². The first-order valence-electron chi connectivity index (χ1n) is 8.25. The van der Waals surface area contributed by atoms with Crippen molar-refractivity contribution in [2.45, 2.75) is 20.1 Å². The van der Waals surface area contributed by atoms with E-state index in [0.29, 0.717) is 11.8 Å². The van der Waals surface area contributed by atoms with Crippen molar-refractivity contribution >= 4 is 22.6 Å². The summed E-state index contributed by atoms with van der Waals surface area (Å²) in [7, 11) is 0. The fourth-order valence-corrected chi connectivity index (χ4v) is 2.84. The van der Waals surface area contributed by atoms with Crippen LogP contribution in [0.25, 0.3) is 22.2 Å². The van der Waals surface area contributed by atoms with Crippen LogP contribution in [0.5, 0.6) is 5.75 Å². The fourth-order valence-electron chi connectivity index (χ4n) is 2.69. The summed E-state index contributed by atoms with van der Waals surface area (Å²) in [6, 6.07) is 9.21. The molecule has 0 aromatic carbocycles. The maximum atomic E-state index is 6.01. The molecule has 0 unspecified atom stereocenters. The number of ether oxygens (including phenoxy) is 1. The lowest BCUT2D eigenvalue weighted by atomic mass is 10.1. The van der Waals surface area contributed by atoms with Crippen molar-refractivity contribution in [2.24, 2.45) is 0 Å². The molecule has 0 saturated heterocycles. The van der Waals surface area contributed by atoms with E-state index in [1.807, 2.05) is 48.3 Å². The van der Waals surface area contributed by atoms with Crippen molar-refractivity contribution in [3.05, 3.63) is 66.0 Å². The first kappa shape index (κ1) is 16.5. The molecule has 0 fully saturated rings. The molecule has 0 aliphatic rings. The molecule has 7 heteroatoms. The number of fused-ring (bicyclic) bond motifs is 1. The Bertz CT molecular complexity index is 1050. The van der Waals surface area contributed by atoms with E-state index < -0.39 is 0 Å². The highest BCUT2D eigenvalue weighted by Crippen LogP contribution is 2.26. The van der Waals surface area contributed by atoms with Gasteiger partial charge in [-0.05, 0) is 37.3 Å².